The predicted molar refractivity (Wildman–Crippen MR) is 118 cm³/mol. The van der Waals surface area contributed by atoms with E-state index in [0.29, 0.717) is 23.6 Å². The molecule has 3 aromatic rings. The van der Waals surface area contributed by atoms with Crippen LogP contribution in [0.4, 0.5) is 5.69 Å². The SMILES string of the molecule is Cc1noc(C)c1COc1ccccc1C(=O)NCc1ccc(NC(=O)C(C)C)cc1. The summed E-state index contributed by atoms with van der Waals surface area (Å²) < 4.78 is 11.0. The van der Waals surface area contributed by atoms with Crippen molar-refractivity contribution in [3.05, 3.63) is 76.7 Å². The van der Waals surface area contributed by atoms with Crippen LogP contribution in [0.2, 0.25) is 0 Å². The van der Waals surface area contributed by atoms with E-state index >= 15 is 0 Å². The zero-order valence-corrected chi connectivity index (χ0v) is 18.2. The van der Waals surface area contributed by atoms with Crippen LogP contribution in [0, 0.1) is 19.8 Å². The molecule has 2 N–H and O–H groups in total. The minimum absolute atomic E-state index is 0.0331. The maximum Gasteiger partial charge on any atom is 0.255 e. The van der Waals surface area contributed by atoms with Crippen LogP contribution in [0.1, 0.15) is 46.8 Å². The normalized spacial score (nSPS) is 10.7. The number of anilines is 1. The first-order chi connectivity index (χ1) is 14.8. The Morgan fingerprint density at radius 3 is 2.42 bits per heavy atom. The first-order valence-electron chi connectivity index (χ1n) is 10.2. The lowest BCUT2D eigenvalue weighted by Crippen LogP contribution is -2.23. The Morgan fingerprint density at radius 2 is 1.77 bits per heavy atom. The van der Waals surface area contributed by atoms with Crippen LogP contribution >= 0.6 is 0 Å². The third-order valence-corrected chi connectivity index (χ3v) is 4.88. The van der Waals surface area contributed by atoms with Crippen molar-refractivity contribution in [2.24, 2.45) is 5.92 Å². The number of aromatic nitrogens is 1. The van der Waals surface area contributed by atoms with Gasteiger partial charge in [-0.1, -0.05) is 43.3 Å². The molecule has 31 heavy (non-hydrogen) atoms. The second-order valence-electron chi connectivity index (χ2n) is 7.61. The van der Waals surface area contributed by atoms with Crippen molar-refractivity contribution in [3.63, 3.8) is 0 Å². The summed E-state index contributed by atoms with van der Waals surface area (Å²) in [4.78, 5) is 24.5. The van der Waals surface area contributed by atoms with Gasteiger partial charge < -0.3 is 19.9 Å². The van der Waals surface area contributed by atoms with E-state index in [1.54, 1.807) is 18.2 Å². The van der Waals surface area contributed by atoms with Crippen LogP contribution in [0.15, 0.2) is 53.1 Å². The highest BCUT2D eigenvalue weighted by atomic mass is 16.5. The first kappa shape index (κ1) is 22.1. The van der Waals surface area contributed by atoms with E-state index in [1.165, 1.54) is 0 Å². The van der Waals surface area contributed by atoms with Gasteiger partial charge in [-0.2, -0.15) is 0 Å². The maximum absolute atomic E-state index is 12.7. The molecule has 0 aliphatic heterocycles. The van der Waals surface area contributed by atoms with Gasteiger partial charge in [0, 0.05) is 18.2 Å². The molecule has 2 aromatic carbocycles. The van der Waals surface area contributed by atoms with Crippen molar-refractivity contribution in [3.8, 4) is 5.75 Å². The van der Waals surface area contributed by atoms with E-state index in [0.717, 1.165) is 22.5 Å². The topological polar surface area (TPSA) is 93.5 Å². The molecule has 0 spiro atoms. The number of benzene rings is 2. The highest BCUT2D eigenvalue weighted by Gasteiger charge is 2.15. The molecule has 0 saturated carbocycles. The second-order valence-corrected chi connectivity index (χ2v) is 7.61. The van der Waals surface area contributed by atoms with E-state index in [1.807, 2.05) is 58.0 Å². The highest BCUT2D eigenvalue weighted by molar-refractivity contribution is 5.97. The van der Waals surface area contributed by atoms with E-state index in [4.69, 9.17) is 9.26 Å². The van der Waals surface area contributed by atoms with E-state index in [9.17, 15) is 9.59 Å². The minimum Gasteiger partial charge on any atom is -0.488 e. The molecule has 2 amide bonds. The molecule has 7 nitrogen and oxygen atoms in total. The van der Waals surface area contributed by atoms with E-state index in [2.05, 4.69) is 15.8 Å². The van der Waals surface area contributed by atoms with Crippen LogP contribution in [-0.4, -0.2) is 17.0 Å². The van der Waals surface area contributed by atoms with Gasteiger partial charge in [-0.15, -0.1) is 0 Å². The predicted octanol–water partition coefficient (Wildman–Crippen LogP) is 4.39. The molecule has 7 heteroatoms. The number of amides is 2. The van der Waals surface area contributed by atoms with Gasteiger partial charge in [0.25, 0.3) is 5.91 Å². The van der Waals surface area contributed by atoms with Crippen molar-refractivity contribution in [2.45, 2.75) is 40.8 Å². The summed E-state index contributed by atoms with van der Waals surface area (Å²) in [5.74, 6) is 0.846. The van der Waals surface area contributed by atoms with Gasteiger partial charge in [-0.25, -0.2) is 0 Å². The second kappa shape index (κ2) is 9.93. The van der Waals surface area contributed by atoms with Gasteiger partial charge in [0.15, 0.2) is 0 Å². The lowest BCUT2D eigenvalue weighted by molar-refractivity contribution is -0.118. The number of carbonyl (C=O) groups is 2. The third kappa shape index (κ3) is 5.72. The Labute approximate surface area is 181 Å². The molecule has 0 radical (unpaired) electrons. The van der Waals surface area contributed by atoms with Crippen molar-refractivity contribution in [1.82, 2.24) is 10.5 Å². The molecule has 0 unspecified atom stereocenters. The molecule has 0 atom stereocenters. The molecular weight excluding hydrogens is 394 g/mol. The number of hydrogen-bond donors (Lipinski definition) is 2. The van der Waals surface area contributed by atoms with E-state index in [-0.39, 0.29) is 24.3 Å². The molecule has 0 aliphatic carbocycles. The number of nitrogens with zero attached hydrogens (tertiary/aromatic N) is 1. The summed E-state index contributed by atoms with van der Waals surface area (Å²) in [5.41, 5.74) is 3.75. The molecular formula is C24H27N3O4. The maximum atomic E-state index is 12.7. The first-order valence-corrected chi connectivity index (χ1v) is 10.2. The largest absolute Gasteiger partial charge is 0.488 e. The fraction of sp³-hybridized carbons (Fsp3) is 0.292. The summed E-state index contributed by atoms with van der Waals surface area (Å²) >= 11 is 0. The van der Waals surface area contributed by atoms with Crippen molar-refractivity contribution < 1.29 is 18.8 Å². The number of nitrogens with one attached hydrogen (secondary N) is 2. The number of rotatable bonds is 8. The van der Waals surface area contributed by atoms with Crippen molar-refractivity contribution in [1.29, 1.82) is 0 Å². The van der Waals surface area contributed by atoms with Gasteiger partial charge >= 0.3 is 0 Å². The minimum atomic E-state index is -0.230. The lowest BCUT2D eigenvalue weighted by Gasteiger charge is -2.12. The molecule has 0 fully saturated rings. The fourth-order valence-corrected chi connectivity index (χ4v) is 2.91. The summed E-state index contributed by atoms with van der Waals surface area (Å²) in [5, 5.41) is 9.68. The third-order valence-electron chi connectivity index (χ3n) is 4.88. The summed E-state index contributed by atoms with van der Waals surface area (Å²) in [7, 11) is 0. The summed E-state index contributed by atoms with van der Waals surface area (Å²) in [6, 6.07) is 14.5. The van der Waals surface area contributed by atoms with Crippen LogP contribution in [-0.2, 0) is 17.9 Å². The number of carbonyl (C=O) groups excluding carboxylic acids is 2. The Bertz CT molecular complexity index is 1040. The Balaban J connectivity index is 1.60. The summed E-state index contributed by atoms with van der Waals surface area (Å²) in [6.45, 7) is 8.00. The van der Waals surface area contributed by atoms with Crippen LogP contribution in [0.25, 0.3) is 0 Å². The smallest absolute Gasteiger partial charge is 0.255 e. The van der Waals surface area contributed by atoms with Crippen LogP contribution in [0.5, 0.6) is 5.75 Å². The number of para-hydroxylation sites is 1. The van der Waals surface area contributed by atoms with Crippen LogP contribution in [0.3, 0.4) is 0 Å². The van der Waals surface area contributed by atoms with Gasteiger partial charge in [-0.05, 0) is 43.7 Å². The molecule has 0 bridgehead atoms. The quantitative estimate of drug-likeness (QED) is 0.562. The number of ether oxygens (including phenoxy) is 1. The zero-order chi connectivity index (χ0) is 22.4. The molecule has 1 heterocycles. The molecule has 0 saturated heterocycles. The van der Waals surface area contributed by atoms with Crippen LogP contribution < -0.4 is 15.4 Å². The Hall–Kier alpha value is -3.61. The lowest BCUT2D eigenvalue weighted by atomic mass is 10.1. The number of hydrogen-bond acceptors (Lipinski definition) is 5. The Kier molecular flexibility index (Phi) is 7.07. The zero-order valence-electron chi connectivity index (χ0n) is 18.2. The fourth-order valence-electron chi connectivity index (χ4n) is 2.91. The average Bonchev–Trinajstić information content (AvgIpc) is 3.09. The molecule has 1 aromatic heterocycles. The van der Waals surface area contributed by atoms with E-state index < -0.39 is 0 Å². The average molecular weight is 421 g/mol. The molecule has 3 rings (SSSR count). The molecule has 0 aliphatic rings. The van der Waals surface area contributed by atoms with Crippen molar-refractivity contribution >= 4 is 17.5 Å². The summed E-state index contributed by atoms with van der Waals surface area (Å²) in [6.07, 6.45) is 0. The monoisotopic (exact) mass is 421 g/mol. The number of aryl methyl sites for hydroxylation is 2. The van der Waals surface area contributed by atoms with Gasteiger partial charge in [-0.3, -0.25) is 9.59 Å². The highest BCUT2D eigenvalue weighted by Crippen LogP contribution is 2.21. The Morgan fingerprint density at radius 1 is 1.06 bits per heavy atom. The van der Waals surface area contributed by atoms with Gasteiger partial charge in [0.05, 0.1) is 16.8 Å². The molecule has 162 valence electrons. The van der Waals surface area contributed by atoms with Crippen molar-refractivity contribution in [2.75, 3.05) is 5.32 Å². The van der Waals surface area contributed by atoms with Gasteiger partial charge in [0.1, 0.15) is 18.1 Å². The standard InChI is InChI=1S/C24H27N3O4/c1-15(2)23(28)26-19-11-9-18(10-12-19)13-25-24(29)20-7-5-6-8-22(20)30-14-21-16(3)27-31-17(21)4/h5-12,15H,13-14H2,1-4H3,(H,25,29)(H,26,28). The van der Waals surface area contributed by atoms with Gasteiger partial charge in [0.2, 0.25) is 5.91 Å².